The number of methoxy groups -OCH3 is 1. The molecule has 5 nitrogen and oxygen atoms in total. The van der Waals surface area contributed by atoms with Gasteiger partial charge in [0.05, 0.1) is 24.2 Å². The first-order chi connectivity index (χ1) is 8.19. The van der Waals surface area contributed by atoms with E-state index in [1.165, 1.54) is 24.8 Å². The molecule has 2 aromatic heterocycles. The minimum atomic E-state index is -0.0462. The summed E-state index contributed by atoms with van der Waals surface area (Å²) in [6.45, 7) is 1.87. The smallest absolute Gasteiger partial charge is 0.216 e. The summed E-state index contributed by atoms with van der Waals surface area (Å²) in [5.74, 6) is 0.410. The van der Waals surface area contributed by atoms with Gasteiger partial charge in [0.25, 0.3) is 0 Å². The average molecular weight is 249 g/mol. The van der Waals surface area contributed by atoms with Crippen LogP contribution >= 0.6 is 11.3 Å². The van der Waals surface area contributed by atoms with Gasteiger partial charge < -0.3 is 4.74 Å². The Morgan fingerprint density at radius 3 is 2.94 bits per heavy atom. The Morgan fingerprint density at radius 1 is 1.47 bits per heavy atom. The molecule has 0 aliphatic rings. The molecule has 0 bridgehead atoms. The van der Waals surface area contributed by atoms with Gasteiger partial charge in [-0.1, -0.05) is 0 Å². The van der Waals surface area contributed by atoms with Crippen molar-refractivity contribution in [1.29, 1.82) is 0 Å². The van der Waals surface area contributed by atoms with Gasteiger partial charge in [-0.2, -0.15) is 0 Å². The average Bonchev–Trinajstić information content (AvgIpc) is 2.76. The number of aromatic nitrogens is 3. The minimum Gasteiger partial charge on any atom is -0.481 e. The monoisotopic (exact) mass is 249 g/mol. The van der Waals surface area contributed by atoms with Gasteiger partial charge in [0.1, 0.15) is 12.0 Å². The summed E-state index contributed by atoms with van der Waals surface area (Å²) >= 11 is 1.46. The van der Waals surface area contributed by atoms with Gasteiger partial charge in [-0.3, -0.25) is 4.79 Å². The lowest BCUT2D eigenvalue weighted by molar-refractivity contribution is 0.0987. The van der Waals surface area contributed by atoms with Gasteiger partial charge in [0, 0.05) is 11.4 Å². The summed E-state index contributed by atoms with van der Waals surface area (Å²) in [5.41, 5.74) is 1.12. The summed E-state index contributed by atoms with van der Waals surface area (Å²) in [6, 6.07) is 1.65. The number of ether oxygens (including phenoxy) is 1. The van der Waals surface area contributed by atoms with Crippen molar-refractivity contribution >= 4 is 17.1 Å². The van der Waals surface area contributed by atoms with Crippen LogP contribution in [0.15, 0.2) is 17.8 Å². The second-order valence-electron chi connectivity index (χ2n) is 3.40. The van der Waals surface area contributed by atoms with Gasteiger partial charge >= 0.3 is 0 Å². The molecular weight excluding hydrogens is 238 g/mol. The molecule has 0 atom stereocenters. The second kappa shape index (κ2) is 5.01. The summed E-state index contributed by atoms with van der Waals surface area (Å²) in [6.07, 6.45) is 1.59. The Morgan fingerprint density at radius 2 is 2.29 bits per heavy atom. The predicted molar refractivity (Wildman–Crippen MR) is 63.5 cm³/mol. The third-order valence-corrected chi connectivity index (χ3v) is 2.93. The van der Waals surface area contributed by atoms with Gasteiger partial charge in [-0.25, -0.2) is 15.0 Å². The molecule has 88 valence electrons. The number of rotatable bonds is 4. The molecule has 0 unspecified atom stereocenters. The number of aryl methyl sites for hydroxylation is 1. The van der Waals surface area contributed by atoms with Gasteiger partial charge in [-0.15, -0.1) is 11.3 Å². The fourth-order valence-corrected chi connectivity index (χ4v) is 1.95. The zero-order chi connectivity index (χ0) is 12.3. The first-order valence-corrected chi connectivity index (χ1v) is 5.87. The molecule has 0 fully saturated rings. The van der Waals surface area contributed by atoms with Crippen molar-refractivity contribution in [2.24, 2.45) is 0 Å². The Hall–Kier alpha value is -1.82. The van der Waals surface area contributed by atoms with Crippen molar-refractivity contribution in [2.75, 3.05) is 7.11 Å². The van der Waals surface area contributed by atoms with E-state index in [9.17, 15) is 4.79 Å². The van der Waals surface area contributed by atoms with Crippen LogP contribution in [0.25, 0.3) is 0 Å². The van der Waals surface area contributed by atoms with Crippen molar-refractivity contribution in [3.8, 4) is 5.88 Å². The fourth-order valence-electron chi connectivity index (χ4n) is 1.33. The normalized spacial score (nSPS) is 10.2. The number of carbonyl (C=O) groups is 1. The van der Waals surface area contributed by atoms with Crippen molar-refractivity contribution in [1.82, 2.24) is 15.0 Å². The number of ketones is 1. The molecular formula is C11H11N3O2S. The molecule has 0 amide bonds. The van der Waals surface area contributed by atoms with Crippen LogP contribution in [-0.2, 0) is 6.42 Å². The molecule has 2 aromatic rings. The van der Waals surface area contributed by atoms with Crippen molar-refractivity contribution < 1.29 is 9.53 Å². The molecule has 2 heterocycles. The first-order valence-electron chi connectivity index (χ1n) is 4.99. The van der Waals surface area contributed by atoms with E-state index in [4.69, 9.17) is 4.74 Å². The second-order valence-corrected chi connectivity index (χ2v) is 4.47. The number of thiazole rings is 1. The molecule has 17 heavy (non-hydrogen) atoms. The maximum atomic E-state index is 11.9. The van der Waals surface area contributed by atoms with Gasteiger partial charge in [0.15, 0.2) is 5.78 Å². The lowest BCUT2D eigenvalue weighted by Gasteiger charge is -2.00. The molecule has 6 heteroatoms. The van der Waals surface area contributed by atoms with Crippen LogP contribution < -0.4 is 4.74 Å². The quantitative estimate of drug-likeness (QED) is 0.771. The minimum absolute atomic E-state index is 0.0462. The highest BCUT2D eigenvalue weighted by molar-refractivity contribution is 7.09. The SMILES string of the molecule is COc1cc(CC(=O)c2csc(C)n2)ncn1. The van der Waals surface area contributed by atoms with E-state index in [2.05, 4.69) is 15.0 Å². The third-order valence-electron chi connectivity index (χ3n) is 2.15. The molecule has 0 aromatic carbocycles. The van der Waals surface area contributed by atoms with Crippen LogP contribution in [0, 0.1) is 6.92 Å². The topological polar surface area (TPSA) is 65.0 Å². The molecule has 0 spiro atoms. The van der Waals surface area contributed by atoms with Gasteiger partial charge in [-0.05, 0) is 6.92 Å². The number of Topliss-reactive ketones (excluding diaryl/α,β-unsaturated/α-hetero) is 1. The molecule has 0 N–H and O–H groups in total. The zero-order valence-corrected chi connectivity index (χ0v) is 10.3. The van der Waals surface area contributed by atoms with E-state index in [0.29, 0.717) is 17.3 Å². The summed E-state index contributed by atoms with van der Waals surface area (Å²) in [5, 5.41) is 2.64. The molecule has 0 radical (unpaired) electrons. The van der Waals surface area contributed by atoms with Crippen LogP contribution in [0.5, 0.6) is 5.88 Å². The highest BCUT2D eigenvalue weighted by atomic mass is 32.1. The van der Waals surface area contributed by atoms with Crippen LogP contribution in [-0.4, -0.2) is 27.8 Å². The lowest BCUT2D eigenvalue weighted by atomic mass is 10.2. The predicted octanol–water partition coefficient (Wildman–Crippen LogP) is 1.68. The van der Waals surface area contributed by atoms with E-state index in [1.807, 2.05) is 6.92 Å². The Bertz CT molecular complexity index is 539. The Labute approximate surface area is 103 Å². The van der Waals surface area contributed by atoms with E-state index in [1.54, 1.807) is 11.4 Å². The molecule has 0 saturated heterocycles. The first kappa shape index (κ1) is 11.7. The molecule has 0 saturated carbocycles. The summed E-state index contributed by atoms with van der Waals surface area (Å²) in [4.78, 5) is 23.9. The van der Waals surface area contributed by atoms with Crippen molar-refractivity contribution in [3.05, 3.63) is 34.2 Å². The van der Waals surface area contributed by atoms with Crippen LogP contribution in [0.2, 0.25) is 0 Å². The largest absolute Gasteiger partial charge is 0.481 e. The van der Waals surface area contributed by atoms with Crippen LogP contribution in [0.3, 0.4) is 0 Å². The Balaban J connectivity index is 2.12. The number of nitrogens with zero attached hydrogens (tertiary/aromatic N) is 3. The third kappa shape index (κ3) is 2.85. The molecule has 0 aliphatic carbocycles. The van der Waals surface area contributed by atoms with Crippen LogP contribution in [0.4, 0.5) is 0 Å². The van der Waals surface area contributed by atoms with Gasteiger partial charge in [0.2, 0.25) is 5.88 Å². The highest BCUT2D eigenvalue weighted by Crippen LogP contribution is 2.12. The standard InChI is InChI=1S/C11H11N3O2S/c1-7-14-9(5-17-7)10(15)3-8-4-11(16-2)13-6-12-8/h4-6H,3H2,1-2H3. The summed E-state index contributed by atoms with van der Waals surface area (Å²) < 4.78 is 4.97. The highest BCUT2D eigenvalue weighted by Gasteiger charge is 2.11. The number of carbonyl (C=O) groups excluding carboxylic acids is 1. The van der Waals surface area contributed by atoms with Crippen molar-refractivity contribution in [2.45, 2.75) is 13.3 Å². The zero-order valence-electron chi connectivity index (χ0n) is 9.51. The van der Waals surface area contributed by atoms with E-state index in [-0.39, 0.29) is 12.2 Å². The maximum Gasteiger partial charge on any atom is 0.216 e. The maximum absolute atomic E-state index is 11.9. The van der Waals surface area contributed by atoms with E-state index < -0.39 is 0 Å². The number of hydrogen-bond donors (Lipinski definition) is 0. The fraction of sp³-hybridized carbons (Fsp3) is 0.273. The lowest BCUT2D eigenvalue weighted by Crippen LogP contribution is -2.06. The number of hydrogen-bond acceptors (Lipinski definition) is 6. The Kier molecular flexibility index (Phi) is 3.43. The van der Waals surface area contributed by atoms with E-state index >= 15 is 0 Å². The summed E-state index contributed by atoms with van der Waals surface area (Å²) in [7, 11) is 1.53. The van der Waals surface area contributed by atoms with Crippen molar-refractivity contribution in [3.63, 3.8) is 0 Å². The molecule has 2 rings (SSSR count). The molecule has 0 aliphatic heterocycles. The van der Waals surface area contributed by atoms with E-state index in [0.717, 1.165) is 5.01 Å². The van der Waals surface area contributed by atoms with Crippen LogP contribution in [0.1, 0.15) is 21.2 Å².